The Morgan fingerprint density at radius 2 is 1.14 bits per heavy atom. The molecule has 0 aromatic carbocycles. The van der Waals surface area contributed by atoms with Crippen molar-refractivity contribution in [1.82, 2.24) is 0 Å². The monoisotopic (exact) mass is 194 g/mol. The summed E-state index contributed by atoms with van der Waals surface area (Å²) < 4.78 is 0. The number of hydrogen-bond acceptors (Lipinski definition) is 2. The summed E-state index contributed by atoms with van der Waals surface area (Å²) in [5, 5.41) is 0. The van der Waals surface area contributed by atoms with Crippen molar-refractivity contribution in [3.05, 3.63) is 37.5 Å². The van der Waals surface area contributed by atoms with Gasteiger partial charge in [0.05, 0.1) is 0 Å². The Kier molecular flexibility index (Phi) is 6.17. The van der Waals surface area contributed by atoms with Crippen LogP contribution in [0.4, 0.5) is 0 Å². The van der Waals surface area contributed by atoms with Crippen molar-refractivity contribution < 1.29 is 0 Å². The van der Waals surface area contributed by atoms with E-state index in [1.165, 1.54) is 0 Å². The molecule has 0 fully saturated rings. The Morgan fingerprint density at radius 1 is 0.857 bits per heavy atom. The summed E-state index contributed by atoms with van der Waals surface area (Å²) in [5.41, 5.74) is 11.8. The van der Waals surface area contributed by atoms with Gasteiger partial charge in [-0.05, 0) is 11.8 Å². The summed E-state index contributed by atoms with van der Waals surface area (Å²) in [6.45, 7) is 11.5. The summed E-state index contributed by atoms with van der Waals surface area (Å²) in [6.07, 6.45) is 7.57. The maximum absolute atomic E-state index is 5.88. The maximum Gasteiger partial charge on any atom is 0.0285 e. The number of rotatable bonds is 6. The molecule has 4 atom stereocenters. The zero-order valence-electron chi connectivity index (χ0n) is 9.19. The molecule has 0 amide bonds. The van der Waals surface area contributed by atoms with E-state index in [1.807, 2.05) is 38.2 Å². The van der Waals surface area contributed by atoms with Crippen LogP contribution in [0.3, 0.4) is 0 Å². The van der Waals surface area contributed by atoms with Crippen LogP contribution in [0.15, 0.2) is 37.5 Å². The summed E-state index contributed by atoms with van der Waals surface area (Å²) in [7, 11) is 0. The first-order chi connectivity index (χ1) is 6.52. The van der Waals surface area contributed by atoms with E-state index in [2.05, 4.69) is 13.2 Å². The van der Waals surface area contributed by atoms with Crippen molar-refractivity contribution in [2.45, 2.75) is 25.9 Å². The second-order valence-corrected chi connectivity index (χ2v) is 3.73. The van der Waals surface area contributed by atoms with Crippen molar-refractivity contribution in [1.29, 1.82) is 0 Å². The van der Waals surface area contributed by atoms with Gasteiger partial charge in [-0.1, -0.05) is 38.2 Å². The molecule has 2 nitrogen and oxygen atoms in total. The Morgan fingerprint density at radius 3 is 1.36 bits per heavy atom. The minimum absolute atomic E-state index is 0.00411. The fourth-order valence-electron chi connectivity index (χ4n) is 0.921. The molecule has 2 heteroatoms. The molecular weight excluding hydrogens is 172 g/mol. The minimum atomic E-state index is -0.00411. The third kappa shape index (κ3) is 4.40. The number of nitrogens with two attached hydrogens (primary N) is 2. The van der Waals surface area contributed by atoms with Gasteiger partial charge < -0.3 is 11.5 Å². The van der Waals surface area contributed by atoms with Crippen LogP contribution in [0.1, 0.15) is 13.8 Å². The molecular formula is C12H22N2. The first-order valence-electron chi connectivity index (χ1n) is 4.97. The van der Waals surface area contributed by atoms with Crippen LogP contribution < -0.4 is 11.5 Å². The minimum Gasteiger partial charge on any atom is -0.324 e. The molecule has 0 spiro atoms. The molecule has 4 unspecified atom stereocenters. The van der Waals surface area contributed by atoms with Gasteiger partial charge in [0.2, 0.25) is 0 Å². The molecule has 80 valence electrons. The van der Waals surface area contributed by atoms with E-state index in [0.717, 1.165) is 0 Å². The molecule has 0 aliphatic rings. The SMILES string of the molecule is C=CC(C)C(N)/C=C\C(N)C(C)C=C. The summed E-state index contributed by atoms with van der Waals surface area (Å²) in [4.78, 5) is 0. The molecule has 0 radical (unpaired) electrons. The lowest BCUT2D eigenvalue weighted by Gasteiger charge is -2.15. The lowest BCUT2D eigenvalue weighted by Crippen LogP contribution is -2.28. The van der Waals surface area contributed by atoms with Gasteiger partial charge in [0, 0.05) is 12.1 Å². The molecule has 0 saturated heterocycles. The fraction of sp³-hybridized carbons (Fsp3) is 0.500. The normalized spacial score (nSPS) is 20.0. The molecule has 0 aromatic rings. The van der Waals surface area contributed by atoms with E-state index >= 15 is 0 Å². The molecule has 0 aliphatic heterocycles. The van der Waals surface area contributed by atoms with Crippen LogP contribution in [0.25, 0.3) is 0 Å². The topological polar surface area (TPSA) is 52.0 Å². The third-order valence-corrected chi connectivity index (χ3v) is 2.51. The van der Waals surface area contributed by atoms with E-state index in [9.17, 15) is 0 Å². The van der Waals surface area contributed by atoms with E-state index < -0.39 is 0 Å². The van der Waals surface area contributed by atoms with Crippen molar-refractivity contribution >= 4 is 0 Å². The third-order valence-electron chi connectivity index (χ3n) is 2.51. The van der Waals surface area contributed by atoms with Gasteiger partial charge in [0.25, 0.3) is 0 Å². The van der Waals surface area contributed by atoms with Gasteiger partial charge in [-0.2, -0.15) is 0 Å². The van der Waals surface area contributed by atoms with Crippen LogP contribution in [-0.2, 0) is 0 Å². The van der Waals surface area contributed by atoms with Gasteiger partial charge in [0.15, 0.2) is 0 Å². The lowest BCUT2D eigenvalue weighted by molar-refractivity contribution is 0.606. The quantitative estimate of drug-likeness (QED) is 0.634. The van der Waals surface area contributed by atoms with Crippen LogP contribution in [0.2, 0.25) is 0 Å². The average molecular weight is 194 g/mol. The molecule has 0 bridgehead atoms. The zero-order valence-corrected chi connectivity index (χ0v) is 9.19. The maximum atomic E-state index is 5.88. The molecule has 0 rings (SSSR count). The second kappa shape index (κ2) is 6.57. The van der Waals surface area contributed by atoms with Crippen molar-refractivity contribution in [2.24, 2.45) is 23.3 Å². The first-order valence-corrected chi connectivity index (χ1v) is 4.97. The Bertz CT molecular complexity index is 186. The average Bonchev–Trinajstić information content (AvgIpc) is 2.22. The summed E-state index contributed by atoms with van der Waals surface area (Å²) in [6, 6.07) is -0.00821. The van der Waals surface area contributed by atoms with Crippen LogP contribution in [0, 0.1) is 11.8 Å². The van der Waals surface area contributed by atoms with Gasteiger partial charge >= 0.3 is 0 Å². The van der Waals surface area contributed by atoms with E-state index in [0.29, 0.717) is 0 Å². The highest BCUT2D eigenvalue weighted by atomic mass is 14.6. The van der Waals surface area contributed by atoms with Crippen LogP contribution >= 0.6 is 0 Å². The molecule has 0 aliphatic carbocycles. The first kappa shape index (κ1) is 13.1. The van der Waals surface area contributed by atoms with Gasteiger partial charge in [-0.3, -0.25) is 0 Å². The number of hydrogen-bond donors (Lipinski definition) is 2. The molecule has 0 aromatic heterocycles. The van der Waals surface area contributed by atoms with E-state index in [1.54, 1.807) is 0 Å². The van der Waals surface area contributed by atoms with Crippen LogP contribution in [0.5, 0.6) is 0 Å². The smallest absolute Gasteiger partial charge is 0.0285 e. The molecule has 0 heterocycles. The lowest BCUT2D eigenvalue weighted by atomic mass is 9.98. The fourth-order valence-corrected chi connectivity index (χ4v) is 0.921. The highest BCUT2D eigenvalue weighted by Gasteiger charge is 2.08. The van der Waals surface area contributed by atoms with Crippen molar-refractivity contribution in [2.75, 3.05) is 0 Å². The van der Waals surface area contributed by atoms with Crippen molar-refractivity contribution in [3.8, 4) is 0 Å². The van der Waals surface area contributed by atoms with E-state index in [4.69, 9.17) is 11.5 Å². The highest BCUT2D eigenvalue weighted by molar-refractivity contribution is 5.05. The van der Waals surface area contributed by atoms with Gasteiger partial charge in [-0.15, -0.1) is 13.2 Å². The zero-order chi connectivity index (χ0) is 11.1. The van der Waals surface area contributed by atoms with E-state index in [-0.39, 0.29) is 23.9 Å². The second-order valence-electron chi connectivity index (χ2n) is 3.73. The molecule has 14 heavy (non-hydrogen) atoms. The molecule has 4 N–H and O–H groups in total. The summed E-state index contributed by atoms with van der Waals surface area (Å²) in [5.74, 6) is 0.551. The van der Waals surface area contributed by atoms with Crippen molar-refractivity contribution in [3.63, 3.8) is 0 Å². The molecule has 0 saturated carbocycles. The standard InChI is InChI=1S/C12H22N2/c1-5-9(3)11(13)7-8-12(14)10(4)6-2/h5-12H,1-2,13-14H2,3-4H3/b8-7-. The van der Waals surface area contributed by atoms with Crippen LogP contribution in [-0.4, -0.2) is 12.1 Å². The largest absolute Gasteiger partial charge is 0.324 e. The Hall–Kier alpha value is -0.860. The Balaban J connectivity index is 4.15. The summed E-state index contributed by atoms with van der Waals surface area (Å²) >= 11 is 0. The Labute approximate surface area is 87.4 Å². The van der Waals surface area contributed by atoms with Gasteiger partial charge in [0.1, 0.15) is 0 Å². The predicted molar refractivity (Wildman–Crippen MR) is 63.8 cm³/mol. The predicted octanol–water partition coefficient (Wildman–Crippen LogP) is 1.84. The van der Waals surface area contributed by atoms with Gasteiger partial charge in [-0.25, -0.2) is 0 Å². The highest BCUT2D eigenvalue weighted by Crippen LogP contribution is 2.06.